The molecule has 1 aromatic carbocycles. The van der Waals surface area contributed by atoms with E-state index in [9.17, 15) is 0 Å². The highest BCUT2D eigenvalue weighted by Crippen LogP contribution is 2.29. The fourth-order valence-corrected chi connectivity index (χ4v) is 4.42. The molecule has 3 nitrogen and oxygen atoms in total. The van der Waals surface area contributed by atoms with Gasteiger partial charge in [-0.2, -0.15) is 0 Å². The fraction of sp³-hybridized carbons (Fsp3) is 0.235. The minimum Gasteiger partial charge on any atom is -0.496 e. The Balaban J connectivity index is 1.68. The van der Waals surface area contributed by atoms with E-state index in [-0.39, 0.29) is 0 Å². The number of ether oxygens (including phenoxy) is 1. The second-order valence-electron chi connectivity index (χ2n) is 5.25. The number of hydrogen-bond acceptors (Lipinski definition) is 5. The number of benzene rings is 1. The molecule has 0 saturated carbocycles. The molecule has 0 amide bonds. The highest BCUT2D eigenvalue weighted by atomic mass is 79.9. The molecule has 3 rings (SSSR count). The van der Waals surface area contributed by atoms with Crippen LogP contribution in [0.5, 0.6) is 5.75 Å². The number of halogens is 1. The van der Waals surface area contributed by atoms with E-state index in [0.29, 0.717) is 0 Å². The fourth-order valence-electron chi connectivity index (χ4n) is 2.39. The van der Waals surface area contributed by atoms with E-state index < -0.39 is 0 Å². The van der Waals surface area contributed by atoms with Gasteiger partial charge in [-0.3, -0.25) is 4.90 Å². The first kappa shape index (κ1) is 16.6. The molecular formula is C17H17BrN2OS2. The zero-order valence-electron chi connectivity index (χ0n) is 13.0. The Kier molecular flexibility index (Phi) is 5.48. The summed E-state index contributed by atoms with van der Waals surface area (Å²) in [6.45, 7) is 1.63. The molecule has 6 heteroatoms. The first-order valence-electron chi connectivity index (χ1n) is 7.15. The lowest BCUT2D eigenvalue weighted by atomic mass is 10.2. The second-order valence-corrected chi connectivity index (χ2v) is 7.97. The molecule has 0 aliphatic carbocycles. The molecule has 0 radical (unpaired) electrons. The predicted molar refractivity (Wildman–Crippen MR) is 101 cm³/mol. The SMILES string of the molecule is COc1ccc(Br)cc1CN(C)Cc1csc(-c2cccs2)n1. The van der Waals surface area contributed by atoms with Crippen LogP contribution in [0.2, 0.25) is 0 Å². The van der Waals surface area contributed by atoms with Gasteiger partial charge in [0.1, 0.15) is 10.8 Å². The Morgan fingerprint density at radius 2 is 2.09 bits per heavy atom. The topological polar surface area (TPSA) is 25.4 Å². The van der Waals surface area contributed by atoms with E-state index >= 15 is 0 Å². The third kappa shape index (κ3) is 4.20. The smallest absolute Gasteiger partial charge is 0.133 e. The molecule has 23 heavy (non-hydrogen) atoms. The lowest BCUT2D eigenvalue weighted by Crippen LogP contribution is -2.18. The summed E-state index contributed by atoms with van der Waals surface area (Å²) in [4.78, 5) is 8.22. The van der Waals surface area contributed by atoms with Crippen molar-refractivity contribution in [3.05, 3.63) is 56.8 Å². The van der Waals surface area contributed by atoms with E-state index in [0.717, 1.165) is 39.6 Å². The summed E-state index contributed by atoms with van der Waals surface area (Å²) in [6, 6.07) is 10.3. The standard InChI is InChI=1S/C17H17BrN2OS2/c1-20(9-12-8-13(18)5-6-15(12)21-2)10-14-11-23-17(19-14)16-4-3-7-22-16/h3-8,11H,9-10H2,1-2H3. The van der Waals surface area contributed by atoms with Crippen molar-refractivity contribution in [2.45, 2.75) is 13.1 Å². The molecule has 0 atom stereocenters. The Bertz CT molecular complexity index is 771. The van der Waals surface area contributed by atoms with Crippen LogP contribution in [0.1, 0.15) is 11.3 Å². The summed E-state index contributed by atoms with van der Waals surface area (Å²) in [5.74, 6) is 0.914. The van der Waals surface area contributed by atoms with Crippen molar-refractivity contribution >= 4 is 38.6 Å². The minimum absolute atomic E-state index is 0.814. The molecule has 2 heterocycles. The van der Waals surface area contributed by atoms with Gasteiger partial charge in [0.05, 0.1) is 17.7 Å². The van der Waals surface area contributed by atoms with Crippen molar-refractivity contribution in [2.75, 3.05) is 14.2 Å². The molecule has 0 unspecified atom stereocenters. The van der Waals surface area contributed by atoms with E-state index in [1.807, 2.05) is 12.1 Å². The van der Waals surface area contributed by atoms with Gasteiger partial charge in [0.15, 0.2) is 0 Å². The number of rotatable bonds is 6. The number of thiophene rings is 1. The van der Waals surface area contributed by atoms with Gasteiger partial charge in [-0.05, 0) is 36.7 Å². The summed E-state index contributed by atoms with van der Waals surface area (Å²) < 4.78 is 6.51. The first-order valence-corrected chi connectivity index (χ1v) is 9.70. The summed E-state index contributed by atoms with van der Waals surface area (Å²) in [6.07, 6.45) is 0. The summed E-state index contributed by atoms with van der Waals surface area (Å²) in [5.41, 5.74) is 2.27. The van der Waals surface area contributed by atoms with Crippen LogP contribution in [0.4, 0.5) is 0 Å². The Morgan fingerprint density at radius 1 is 1.22 bits per heavy atom. The van der Waals surface area contributed by atoms with Gasteiger partial charge in [0.25, 0.3) is 0 Å². The summed E-state index contributed by atoms with van der Waals surface area (Å²) >= 11 is 6.96. The monoisotopic (exact) mass is 408 g/mol. The second kappa shape index (κ2) is 7.57. The number of aromatic nitrogens is 1. The normalized spacial score (nSPS) is 11.1. The molecule has 3 aromatic rings. The van der Waals surface area contributed by atoms with Gasteiger partial charge >= 0.3 is 0 Å². The maximum absolute atomic E-state index is 5.44. The van der Waals surface area contributed by atoms with Gasteiger partial charge in [-0.15, -0.1) is 22.7 Å². The van der Waals surface area contributed by atoms with Crippen LogP contribution in [0.3, 0.4) is 0 Å². The van der Waals surface area contributed by atoms with Gasteiger partial charge in [0, 0.05) is 28.5 Å². The van der Waals surface area contributed by atoms with Crippen molar-refractivity contribution in [2.24, 2.45) is 0 Å². The number of nitrogens with zero attached hydrogens (tertiary/aromatic N) is 2. The van der Waals surface area contributed by atoms with E-state index in [1.54, 1.807) is 29.8 Å². The summed E-state index contributed by atoms with van der Waals surface area (Å²) in [7, 11) is 3.81. The van der Waals surface area contributed by atoms with Crippen LogP contribution < -0.4 is 4.74 Å². The van der Waals surface area contributed by atoms with E-state index in [1.165, 1.54) is 4.88 Å². The average molecular weight is 409 g/mol. The molecule has 0 saturated heterocycles. The quantitative estimate of drug-likeness (QED) is 0.554. The van der Waals surface area contributed by atoms with Gasteiger partial charge < -0.3 is 4.74 Å². The van der Waals surface area contributed by atoms with E-state index in [2.05, 4.69) is 56.8 Å². The highest BCUT2D eigenvalue weighted by molar-refractivity contribution is 9.10. The Morgan fingerprint density at radius 3 is 2.83 bits per heavy atom. The minimum atomic E-state index is 0.814. The molecule has 2 aromatic heterocycles. The zero-order valence-corrected chi connectivity index (χ0v) is 16.2. The average Bonchev–Trinajstić information content (AvgIpc) is 3.18. The Labute approximate surface area is 152 Å². The predicted octanol–water partition coefficient (Wildman–Crippen LogP) is 5.27. The molecule has 0 aliphatic heterocycles. The molecular weight excluding hydrogens is 392 g/mol. The third-order valence-electron chi connectivity index (χ3n) is 3.40. The van der Waals surface area contributed by atoms with Crippen molar-refractivity contribution in [1.82, 2.24) is 9.88 Å². The lowest BCUT2D eigenvalue weighted by Gasteiger charge is -2.17. The molecule has 0 fully saturated rings. The molecule has 0 spiro atoms. The first-order chi connectivity index (χ1) is 11.2. The van der Waals surface area contributed by atoms with Crippen LogP contribution in [0.25, 0.3) is 9.88 Å². The number of thiazole rings is 1. The van der Waals surface area contributed by atoms with Crippen molar-refractivity contribution < 1.29 is 4.74 Å². The zero-order chi connectivity index (χ0) is 16.2. The molecule has 0 aliphatic rings. The van der Waals surface area contributed by atoms with Crippen LogP contribution in [0, 0.1) is 0 Å². The van der Waals surface area contributed by atoms with Crippen LogP contribution in [-0.4, -0.2) is 24.0 Å². The van der Waals surface area contributed by atoms with Gasteiger partial charge in [0.2, 0.25) is 0 Å². The molecule has 120 valence electrons. The largest absolute Gasteiger partial charge is 0.496 e. The van der Waals surface area contributed by atoms with Gasteiger partial charge in [-0.1, -0.05) is 22.0 Å². The van der Waals surface area contributed by atoms with Crippen LogP contribution in [0.15, 0.2) is 45.6 Å². The number of methoxy groups -OCH3 is 1. The molecule has 0 N–H and O–H groups in total. The summed E-state index contributed by atoms with van der Waals surface area (Å²) in [5, 5.41) is 5.33. The number of hydrogen-bond donors (Lipinski definition) is 0. The maximum Gasteiger partial charge on any atom is 0.133 e. The van der Waals surface area contributed by atoms with Crippen molar-refractivity contribution in [3.8, 4) is 15.6 Å². The highest BCUT2D eigenvalue weighted by Gasteiger charge is 2.11. The van der Waals surface area contributed by atoms with Crippen molar-refractivity contribution in [1.29, 1.82) is 0 Å². The van der Waals surface area contributed by atoms with Gasteiger partial charge in [-0.25, -0.2) is 4.98 Å². The van der Waals surface area contributed by atoms with Crippen LogP contribution in [-0.2, 0) is 13.1 Å². The van der Waals surface area contributed by atoms with Crippen molar-refractivity contribution in [3.63, 3.8) is 0 Å². The maximum atomic E-state index is 5.44. The third-order valence-corrected chi connectivity index (χ3v) is 5.82. The van der Waals surface area contributed by atoms with Crippen LogP contribution >= 0.6 is 38.6 Å². The Hall–Kier alpha value is -1.21. The lowest BCUT2D eigenvalue weighted by molar-refractivity contribution is 0.307. The van der Waals surface area contributed by atoms with E-state index in [4.69, 9.17) is 9.72 Å². The molecule has 0 bridgehead atoms.